The Morgan fingerprint density at radius 1 is 1.19 bits per heavy atom. The van der Waals surface area contributed by atoms with E-state index >= 15 is 0 Å². The summed E-state index contributed by atoms with van der Waals surface area (Å²) >= 11 is 0. The van der Waals surface area contributed by atoms with Crippen molar-refractivity contribution in [2.75, 3.05) is 58.3 Å². The molecule has 0 amide bonds. The summed E-state index contributed by atoms with van der Waals surface area (Å²) in [4.78, 5) is 10.8. The van der Waals surface area contributed by atoms with Crippen molar-refractivity contribution in [2.24, 2.45) is 4.99 Å². The zero-order valence-electron chi connectivity index (χ0n) is 17.0. The molecular weight excluding hydrogens is 348 g/mol. The number of unbranched alkanes of at least 4 members (excludes halogenated alkanes) is 1. The molecule has 5 nitrogen and oxygen atoms in total. The van der Waals surface area contributed by atoms with E-state index < -0.39 is 5.82 Å². The van der Waals surface area contributed by atoms with Gasteiger partial charge in [0.25, 0.3) is 0 Å². The highest BCUT2D eigenvalue weighted by Gasteiger charge is 2.21. The number of hydrogen-bond donors (Lipinski definition) is 1. The van der Waals surface area contributed by atoms with E-state index in [4.69, 9.17) is 0 Å². The van der Waals surface area contributed by atoms with E-state index in [2.05, 4.69) is 41.0 Å². The first-order valence-electron chi connectivity index (χ1n) is 9.78. The summed E-state index contributed by atoms with van der Waals surface area (Å²) in [6, 6.07) is 4.19. The molecule has 1 N–H and O–H groups in total. The molecule has 152 valence electrons. The van der Waals surface area contributed by atoms with E-state index in [9.17, 15) is 8.78 Å². The van der Waals surface area contributed by atoms with Crippen molar-refractivity contribution in [1.29, 1.82) is 0 Å². The van der Waals surface area contributed by atoms with Crippen LogP contribution in [0, 0.1) is 11.6 Å². The van der Waals surface area contributed by atoms with Gasteiger partial charge in [0.2, 0.25) is 0 Å². The standard InChI is InChI=1S/C20H33F2N5/c1-16(2)25(4)10-6-5-9-24-20(23-3)27-13-11-26(12-14-27)19-15-17(21)7-8-18(19)22/h7-8,15-16H,5-6,9-14H2,1-4H3,(H,23,24). The molecule has 1 saturated heterocycles. The van der Waals surface area contributed by atoms with Gasteiger partial charge in [-0.3, -0.25) is 4.99 Å². The lowest BCUT2D eigenvalue weighted by molar-refractivity contribution is 0.268. The Morgan fingerprint density at radius 2 is 1.89 bits per heavy atom. The number of anilines is 1. The Kier molecular flexibility index (Phi) is 8.28. The molecule has 1 aromatic rings. The van der Waals surface area contributed by atoms with E-state index in [1.54, 1.807) is 7.05 Å². The molecule has 0 aromatic heterocycles. The Morgan fingerprint density at radius 3 is 2.52 bits per heavy atom. The average Bonchev–Trinajstić information content (AvgIpc) is 2.66. The van der Waals surface area contributed by atoms with Crippen LogP contribution in [0.15, 0.2) is 23.2 Å². The van der Waals surface area contributed by atoms with Crippen molar-refractivity contribution in [2.45, 2.75) is 32.7 Å². The van der Waals surface area contributed by atoms with Crippen LogP contribution in [-0.2, 0) is 0 Å². The number of hydrogen-bond acceptors (Lipinski definition) is 3. The topological polar surface area (TPSA) is 34.1 Å². The Balaban J connectivity index is 1.76. The summed E-state index contributed by atoms with van der Waals surface area (Å²) in [7, 11) is 3.94. The van der Waals surface area contributed by atoms with Crippen LogP contribution in [0.25, 0.3) is 0 Å². The number of nitrogens with zero attached hydrogens (tertiary/aromatic N) is 4. The molecule has 1 heterocycles. The molecule has 0 bridgehead atoms. The molecule has 0 unspecified atom stereocenters. The van der Waals surface area contributed by atoms with Crippen molar-refractivity contribution in [3.05, 3.63) is 29.8 Å². The minimum Gasteiger partial charge on any atom is -0.366 e. The van der Waals surface area contributed by atoms with E-state index in [-0.39, 0.29) is 5.82 Å². The van der Waals surface area contributed by atoms with Crippen molar-refractivity contribution in [3.8, 4) is 0 Å². The second-order valence-electron chi connectivity index (χ2n) is 7.33. The molecule has 1 aromatic carbocycles. The van der Waals surface area contributed by atoms with Gasteiger partial charge in [-0.05, 0) is 52.4 Å². The van der Waals surface area contributed by atoms with E-state index in [1.165, 1.54) is 12.1 Å². The largest absolute Gasteiger partial charge is 0.366 e. The molecule has 2 rings (SSSR count). The van der Waals surface area contributed by atoms with Crippen LogP contribution < -0.4 is 10.2 Å². The van der Waals surface area contributed by atoms with Gasteiger partial charge >= 0.3 is 0 Å². The second kappa shape index (κ2) is 10.4. The first-order valence-corrected chi connectivity index (χ1v) is 9.78. The summed E-state index contributed by atoms with van der Waals surface area (Å²) in [5.41, 5.74) is 0.340. The number of benzene rings is 1. The molecule has 0 aliphatic carbocycles. The van der Waals surface area contributed by atoms with Crippen LogP contribution in [-0.4, -0.2) is 75.2 Å². The Hall–Kier alpha value is -1.89. The van der Waals surface area contributed by atoms with Crippen molar-refractivity contribution >= 4 is 11.6 Å². The molecule has 1 fully saturated rings. The third-order valence-corrected chi connectivity index (χ3v) is 5.14. The van der Waals surface area contributed by atoms with Crippen LogP contribution >= 0.6 is 0 Å². The normalized spacial score (nSPS) is 15.8. The minimum absolute atomic E-state index is 0.340. The fourth-order valence-corrected chi connectivity index (χ4v) is 3.16. The molecule has 0 radical (unpaired) electrons. The van der Waals surface area contributed by atoms with Crippen LogP contribution in [0.5, 0.6) is 0 Å². The molecular formula is C20H33F2N5. The minimum atomic E-state index is -0.408. The Labute approximate surface area is 162 Å². The monoisotopic (exact) mass is 381 g/mol. The summed E-state index contributed by atoms with van der Waals surface area (Å²) in [6.07, 6.45) is 2.23. The quantitative estimate of drug-likeness (QED) is 0.447. The maximum Gasteiger partial charge on any atom is 0.193 e. The fraction of sp³-hybridized carbons (Fsp3) is 0.650. The van der Waals surface area contributed by atoms with Gasteiger partial charge in [-0.1, -0.05) is 0 Å². The van der Waals surface area contributed by atoms with Crippen LogP contribution in [0.2, 0.25) is 0 Å². The molecule has 0 atom stereocenters. The van der Waals surface area contributed by atoms with Crippen LogP contribution in [0.4, 0.5) is 14.5 Å². The number of nitrogens with one attached hydrogen (secondary N) is 1. The van der Waals surface area contributed by atoms with Gasteiger partial charge in [-0.15, -0.1) is 0 Å². The number of rotatable bonds is 7. The summed E-state index contributed by atoms with van der Waals surface area (Å²) in [5.74, 6) is 0.0970. The predicted octanol–water partition coefficient (Wildman–Crippen LogP) is 2.78. The third-order valence-electron chi connectivity index (χ3n) is 5.14. The van der Waals surface area contributed by atoms with Gasteiger partial charge in [0, 0.05) is 51.9 Å². The maximum atomic E-state index is 14.0. The van der Waals surface area contributed by atoms with E-state index in [0.29, 0.717) is 24.8 Å². The van der Waals surface area contributed by atoms with Gasteiger partial charge < -0.3 is 20.0 Å². The number of guanidine groups is 1. The highest BCUT2D eigenvalue weighted by atomic mass is 19.1. The SMILES string of the molecule is CN=C(NCCCCN(C)C(C)C)N1CCN(c2cc(F)ccc2F)CC1. The fourth-order valence-electron chi connectivity index (χ4n) is 3.16. The number of aliphatic imine (C=N–C) groups is 1. The van der Waals surface area contributed by atoms with Crippen LogP contribution in [0.1, 0.15) is 26.7 Å². The molecule has 27 heavy (non-hydrogen) atoms. The maximum absolute atomic E-state index is 14.0. The van der Waals surface area contributed by atoms with E-state index in [0.717, 1.165) is 51.0 Å². The smallest absolute Gasteiger partial charge is 0.193 e. The molecule has 1 aliphatic heterocycles. The summed E-state index contributed by atoms with van der Waals surface area (Å²) < 4.78 is 27.4. The third kappa shape index (κ3) is 6.34. The lowest BCUT2D eigenvalue weighted by atomic mass is 10.2. The zero-order valence-corrected chi connectivity index (χ0v) is 17.0. The van der Waals surface area contributed by atoms with Gasteiger partial charge in [-0.2, -0.15) is 0 Å². The first kappa shape index (κ1) is 21.4. The zero-order chi connectivity index (χ0) is 19.8. The Bertz CT molecular complexity index is 612. The lowest BCUT2D eigenvalue weighted by Crippen LogP contribution is -2.52. The summed E-state index contributed by atoms with van der Waals surface area (Å²) in [5, 5.41) is 3.42. The lowest BCUT2D eigenvalue weighted by Gasteiger charge is -2.37. The van der Waals surface area contributed by atoms with Crippen molar-refractivity contribution in [3.63, 3.8) is 0 Å². The van der Waals surface area contributed by atoms with E-state index in [1.807, 2.05) is 4.90 Å². The van der Waals surface area contributed by atoms with Crippen molar-refractivity contribution < 1.29 is 8.78 Å². The first-order chi connectivity index (χ1) is 12.9. The van der Waals surface area contributed by atoms with Gasteiger partial charge in [0.15, 0.2) is 5.96 Å². The second-order valence-corrected chi connectivity index (χ2v) is 7.33. The van der Waals surface area contributed by atoms with Gasteiger partial charge in [0.1, 0.15) is 11.6 Å². The van der Waals surface area contributed by atoms with Gasteiger partial charge in [-0.25, -0.2) is 8.78 Å². The van der Waals surface area contributed by atoms with Crippen molar-refractivity contribution in [1.82, 2.24) is 15.1 Å². The average molecular weight is 382 g/mol. The van der Waals surface area contributed by atoms with Gasteiger partial charge in [0.05, 0.1) is 5.69 Å². The molecule has 0 spiro atoms. The molecule has 1 aliphatic rings. The number of halogens is 2. The number of piperazine rings is 1. The molecule has 0 saturated carbocycles. The highest BCUT2D eigenvalue weighted by molar-refractivity contribution is 5.80. The van der Waals surface area contributed by atoms with Crippen LogP contribution in [0.3, 0.4) is 0 Å². The molecule has 7 heteroatoms. The predicted molar refractivity (Wildman–Crippen MR) is 109 cm³/mol. The highest BCUT2D eigenvalue weighted by Crippen LogP contribution is 2.21. The summed E-state index contributed by atoms with van der Waals surface area (Å²) in [6.45, 7) is 9.12.